The summed E-state index contributed by atoms with van der Waals surface area (Å²) in [6.07, 6.45) is -1.19. The molecule has 0 radical (unpaired) electrons. The fraction of sp³-hybridized carbons (Fsp3) is 0.158. The Morgan fingerprint density at radius 1 is 1.27 bits per heavy atom. The van der Waals surface area contributed by atoms with Gasteiger partial charge in [0, 0.05) is 10.6 Å². The molecule has 1 N–H and O–H groups in total. The first kappa shape index (κ1) is 17.9. The summed E-state index contributed by atoms with van der Waals surface area (Å²) in [5.41, 5.74) is 1.68. The molecule has 1 unspecified atom stereocenters. The molecule has 2 aromatic carbocycles. The number of aromatic nitrogens is 1. The second-order valence-electron chi connectivity index (χ2n) is 5.81. The van der Waals surface area contributed by atoms with Crippen LogP contribution in [-0.4, -0.2) is 16.4 Å². The number of benzene rings is 2. The average molecular weight is 375 g/mol. The number of aryl methyl sites for hydroxylation is 1. The molecule has 1 amide bonds. The molecule has 7 heteroatoms. The second kappa shape index (κ2) is 7.17. The number of carboxylic acid groups (broad SMARTS) is 1. The van der Waals surface area contributed by atoms with Gasteiger partial charge in [-0.3, -0.25) is 4.90 Å². The van der Waals surface area contributed by atoms with Crippen LogP contribution in [0, 0.1) is 12.7 Å². The van der Waals surface area contributed by atoms with E-state index in [4.69, 9.17) is 16.1 Å². The molecule has 0 aliphatic heterocycles. The van der Waals surface area contributed by atoms with Crippen LogP contribution >= 0.6 is 11.6 Å². The maximum Gasteiger partial charge on any atom is 0.412 e. The first-order valence-corrected chi connectivity index (χ1v) is 8.26. The topological polar surface area (TPSA) is 66.6 Å². The Hall–Kier alpha value is -2.86. The number of carbonyl (C=O) groups is 1. The maximum atomic E-state index is 13.6. The Morgan fingerprint density at radius 3 is 2.65 bits per heavy atom. The van der Waals surface area contributed by atoms with Crippen LogP contribution in [-0.2, 0) is 0 Å². The predicted octanol–water partition coefficient (Wildman–Crippen LogP) is 5.69. The highest BCUT2D eigenvalue weighted by Crippen LogP contribution is 2.39. The van der Waals surface area contributed by atoms with Crippen LogP contribution in [0.5, 0.6) is 0 Å². The number of rotatable bonds is 4. The van der Waals surface area contributed by atoms with Crippen LogP contribution in [0.2, 0.25) is 5.02 Å². The van der Waals surface area contributed by atoms with E-state index in [2.05, 4.69) is 5.16 Å². The molecular weight excluding hydrogens is 359 g/mol. The standard InChI is InChI=1S/C19H16ClFN2O3/c1-11-17(18(26-22-11)13-6-5-7-14(21)10-13)23(19(24)25)12(2)15-8-3-4-9-16(15)20/h3-10,12H,1-2H3,(H,24,25). The van der Waals surface area contributed by atoms with Gasteiger partial charge >= 0.3 is 6.09 Å². The van der Waals surface area contributed by atoms with Gasteiger partial charge in [-0.2, -0.15) is 0 Å². The minimum absolute atomic E-state index is 0.184. The molecule has 0 fully saturated rings. The third kappa shape index (κ3) is 3.28. The molecule has 26 heavy (non-hydrogen) atoms. The highest BCUT2D eigenvalue weighted by molar-refractivity contribution is 6.31. The predicted molar refractivity (Wildman–Crippen MR) is 97.0 cm³/mol. The molecule has 0 saturated carbocycles. The van der Waals surface area contributed by atoms with Crippen molar-refractivity contribution in [3.05, 3.63) is 70.6 Å². The van der Waals surface area contributed by atoms with Crippen molar-refractivity contribution in [2.75, 3.05) is 4.90 Å². The first-order valence-electron chi connectivity index (χ1n) is 7.89. The van der Waals surface area contributed by atoms with E-state index in [1.54, 1.807) is 44.2 Å². The lowest BCUT2D eigenvalue weighted by molar-refractivity contribution is 0.199. The average Bonchev–Trinajstić information content (AvgIpc) is 2.96. The number of anilines is 1. The zero-order valence-electron chi connectivity index (χ0n) is 14.1. The van der Waals surface area contributed by atoms with E-state index in [1.165, 1.54) is 18.2 Å². The van der Waals surface area contributed by atoms with E-state index >= 15 is 0 Å². The van der Waals surface area contributed by atoms with Gasteiger partial charge in [0.1, 0.15) is 17.2 Å². The summed E-state index contributed by atoms with van der Waals surface area (Å²) >= 11 is 6.24. The van der Waals surface area contributed by atoms with E-state index in [-0.39, 0.29) is 11.4 Å². The Bertz CT molecular complexity index is 957. The summed E-state index contributed by atoms with van der Waals surface area (Å²) in [6.45, 7) is 3.36. The summed E-state index contributed by atoms with van der Waals surface area (Å²) in [5, 5.41) is 14.2. The summed E-state index contributed by atoms with van der Waals surface area (Å²) in [5.74, 6) is -0.271. The number of hydrogen-bond donors (Lipinski definition) is 1. The summed E-state index contributed by atoms with van der Waals surface area (Å²) in [6, 6.07) is 12.1. The highest BCUT2D eigenvalue weighted by Gasteiger charge is 2.31. The number of amides is 1. The van der Waals surface area contributed by atoms with Gasteiger partial charge in [-0.1, -0.05) is 47.1 Å². The van der Waals surface area contributed by atoms with Gasteiger partial charge in [0.25, 0.3) is 0 Å². The monoisotopic (exact) mass is 374 g/mol. The van der Waals surface area contributed by atoms with Crippen LogP contribution in [0.3, 0.4) is 0 Å². The van der Waals surface area contributed by atoms with Crippen LogP contribution in [0.4, 0.5) is 14.9 Å². The van der Waals surface area contributed by atoms with Gasteiger partial charge in [0.05, 0.1) is 6.04 Å². The van der Waals surface area contributed by atoms with E-state index in [0.717, 1.165) is 4.90 Å². The normalized spacial score (nSPS) is 12.0. The Balaban J connectivity index is 2.14. The molecule has 1 aromatic heterocycles. The lowest BCUT2D eigenvalue weighted by Crippen LogP contribution is -2.33. The summed E-state index contributed by atoms with van der Waals surface area (Å²) in [7, 11) is 0. The number of nitrogens with zero attached hydrogens (tertiary/aromatic N) is 2. The van der Waals surface area contributed by atoms with Gasteiger partial charge in [0.2, 0.25) is 0 Å². The van der Waals surface area contributed by atoms with E-state index in [0.29, 0.717) is 21.8 Å². The van der Waals surface area contributed by atoms with Crippen molar-refractivity contribution < 1.29 is 18.8 Å². The molecule has 5 nitrogen and oxygen atoms in total. The SMILES string of the molecule is Cc1noc(-c2cccc(F)c2)c1N(C(=O)O)C(C)c1ccccc1Cl. The quantitative estimate of drug-likeness (QED) is 0.637. The second-order valence-corrected chi connectivity index (χ2v) is 6.21. The van der Waals surface area contributed by atoms with E-state index < -0.39 is 18.0 Å². The van der Waals surface area contributed by atoms with Crippen molar-refractivity contribution >= 4 is 23.4 Å². The molecule has 3 rings (SSSR count). The Labute approximate surface area is 154 Å². The highest BCUT2D eigenvalue weighted by atomic mass is 35.5. The van der Waals surface area contributed by atoms with Gasteiger partial charge < -0.3 is 9.63 Å². The van der Waals surface area contributed by atoms with E-state index in [9.17, 15) is 14.3 Å². The fourth-order valence-corrected chi connectivity index (χ4v) is 3.17. The number of hydrogen-bond acceptors (Lipinski definition) is 3. The van der Waals surface area contributed by atoms with Gasteiger partial charge in [-0.15, -0.1) is 0 Å². The van der Waals surface area contributed by atoms with Crippen molar-refractivity contribution in [3.63, 3.8) is 0 Å². The van der Waals surface area contributed by atoms with Crippen molar-refractivity contribution in [2.24, 2.45) is 0 Å². The van der Waals surface area contributed by atoms with E-state index in [1.807, 2.05) is 0 Å². The van der Waals surface area contributed by atoms with Crippen LogP contribution in [0.1, 0.15) is 24.2 Å². The Morgan fingerprint density at radius 2 is 2.00 bits per heavy atom. The van der Waals surface area contributed by atoms with Gasteiger partial charge in [-0.05, 0) is 37.6 Å². The smallest absolute Gasteiger partial charge is 0.412 e. The van der Waals surface area contributed by atoms with Crippen molar-refractivity contribution in [2.45, 2.75) is 19.9 Å². The molecule has 134 valence electrons. The van der Waals surface area contributed by atoms with Crippen molar-refractivity contribution in [1.82, 2.24) is 5.16 Å². The molecule has 0 bridgehead atoms. The fourth-order valence-electron chi connectivity index (χ4n) is 2.88. The van der Waals surface area contributed by atoms with Crippen molar-refractivity contribution in [3.8, 4) is 11.3 Å². The van der Waals surface area contributed by atoms with Crippen LogP contribution in [0.25, 0.3) is 11.3 Å². The minimum Gasteiger partial charge on any atom is -0.465 e. The van der Waals surface area contributed by atoms with Gasteiger partial charge in [0.15, 0.2) is 5.76 Å². The first-order chi connectivity index (χ1) is 12.4. The van der Waals surface area contributed by atoms with Crippen LogP contribution in [0.15, 0.2) is 53.1 Å². The number of halogens is 2. The molecular formula is C19H16ClFN2O3. The lowest BCUT2D eigenvalue weighted by Gasteiger charge is -2.27. The third-order valence-corrected chi connectivity index (χ3v) is 4.45. The van der Waals surface area contributed by atoms with Crippen molar-refractivity contribution in [1.29, 1.82) is 0 Å². The maximum absolute atomic E-state index is 13.6. The zero-order chi connectivity index (χ0) is 18.8. The largest absolute Gasteiger partial charge is 0.465 e. The Kier molecular flexibility index (Phi) is 4.95. The molecule has 1 heterocycles. The minimum atomic E-state index is -1.19. The summed E-state index contributed by atoms with van der Waals surface area (Å²) < 4.78 is 18.9. The molecule has 1 atom stereocenters. The third-order valence-electron chi connectivity index (χ3n) is 4.11. The zero-order valence-corrected chi connectivity index (χ0v) is 14.9. The summed E-state index contributed by atoms with van der Waals surface area (Å²) in [4.78, 5) is 13.2. The van der Waals surface area contributed by atoms with Crippen LogP contribution < -0.4 is 4.90 Å². The molecule has 0 aliphatic rings. The lowest BCUT2D eigenvalue weighted by atomic mass is 10.0. The molecule has 3 aromatic rings. The molecule has 0 saturated heterocycles. The molecule has 0 spiro atoms. The van der Waals surface area contributed by atoms with Gasteiger partial charge in [-0.25, -0.2) is 9.18 Å². The molecule has 0 aliphatic carbocycles.